The van der Waals surface area contributed by atoms with Gasteiger partial charge in [-0.15, -0.1) is 0 Å². The number of hydrogen-bond acceptors (Lipinski definition) is 1. The molecule has 0 atom stereocenters. The Bertz CT molecular complexity index is 1030. The van der Waals surface area contributed by atoms with Crippen molar-refractivity contribution in [2.24, 2.45) is 0 Å². The number of halogens is 3. The topological polar surface area (TPSA) is 9.23 Å². The van der Waals surface area contributed by atoms with Crippen LogP contribution in [0, 0.1) is 11.8 Å². The largest absolute Gasteiger partial charge is 0.497 e. The maximum Gasteiger partial charge on any atom is 0.416 e. The molecule has 0 saturated heterocycles. The van der Waals surface area contributed by atoms with Crippen LogP contribution in [-0.2, 0) is 6.18 Å². The third kappa shape index (κ3) is 4.44. The molecule has 28 heavy (non-hydrogen) atoms. The molecule has 4 heteroatoms. The van der Waals surface area contributed by atoms with Gasteiger partial charge in [0.05, 0.1) is 12.7 Å². The summed E-state index contributed by atoms with van der Waals surface area (Å²) in [6, 6.07) is 19.9. The molecule has 0 radical (unpaired) electrons. The van der Waals surface area contributed by atoms with E-state index in [4.69, 9.17) is 4.74 Å². The molecule has 0 amide bonds. The average Bonchev–Trinajstić information content (AvgIpc) is 2.71. The Morgan fingerprint density at radius 1 is 0.857 bits per heavy atom. The molecule has 0 aliphatic rings. The van der Waals surface area contributed by atoms with E-state index in [0.29, 0.717) is 5.56 Å². The normalized spacial score (nSPS) is 10.7. The Morgan fingerprint density at radius 3 is 2.11 bits per heavy atom. The van der Waals surface area contributed by atoms with E-state index in [9.17, 15) is 13.2 Å². The van der Waals surface area contributed by atoms with Gasteiger partial charge in [0.1, 0.15) is 5.75 Å². The number of ether oxygens (including phenoxy) is 1. The van der Waals surface area contributed by atoms with Crippen molar-refractivity contribution in [2.75, 3.05) is 7.11 Å². The third-order valence-electron chi connectivity index (χ3n) is 4.24. The zero-order chi connectivity index (χ0) is 20.1. The van der Waals surface area contributed by atoms with Gasteiger partial charge < -0.3 is 4.74 Å². The van der Waals surface area contributed by atoms with E-state index in [1.165, 1.54) is 12.1 Å². The summed E-state index contributed by atoms with van der Waals surface area (Å²) in [5.74, 6) is 6.73. The molecule has 0 saturated carbocycles. The first-order valence-electron chi connectivity index (χ1n) is 8.50. The number of hydrogen-bond donors (Lipinski definition) is 0. The van der Waals surface area contributed by atoms with E-state index in [0.717, 1.165) is 40.1 Å². The quantitative estimate of drug-likeness (QED) is 0.495. The van der Waals surface area contributed by atoms with Crippen LogP contribution in [0.5, 0.6) is 5.75 Å². The van der Waals surface area contributed by atoms with Crippen molar-refractivity contribution < 1.29 is 17.9 Å². The van der Waals surface area contributed by atoms with Crippen LogP contribution in [0.25, 0.3) is 5.57 Å². The fourth-order valence-electron chi connectivity index (χ4n) is 2.69. The second kappa shape index (κ2) is 8.06. The number of alkyl halides is 3. The Morgan fingerprint density at radius 2 is 1.50 bits per heavy atom. The monoisotopic (exact) mass is 378 g/mol. The predicted molar refractivity (Wildman–Crippen MR) is 105 cm³/mol. The van der Waals surface area contributed by atoms with Crippen LogP contribution < -0.4 is 4.74 Å². The zero-order valence-corrected chi connectivity index (χ0v) is 15.2. The molecule has 0 unspecified atom stereocenters. The van der Waals surface area contributed by atoms with Gasteiger partial charge in [-0.1, -0.05) is 48.8 Å². The van der Waals surface area contributed by atoms with Crippen LogP contribution in [-0.4, -0.2) is 7.11 Å². The molecule has 1 nitrogen and oxygen atoms in total. The van der Waals surface area contributed by atoms with Gasteiger partial charge in [0.2, 0.25) is 0 Å². The van der Waals surface area contributed by atoms with Crippen molar-refractivity contribution in [3.05, 3.63) is 107 Å². The third-order valence-corrected chi connectivity index (χ3v) is 4.24. The first-order chi connectivity index (χ1) is 13.4. The lowest BCUT2D eigenvalue weighted by atomic mass is 9.95. The molecule has 0 spiro atoms. The fraction of sp³-hybridized carbons (Fsp3) is 0.0833. The SMILES string of the molecule is C=C(c1ccc(OC)cc1)c1ccccc1C#Cc1ccc(C(F)(F)F)cc1. The molecule has 0 fully saturated rings. The summed E-state index contributed by atoms with van der Waals surface area (Å²) >= 11 is 0. The molecule has 3 aromatic carbocycles. The van der Waals surface area contributed by atoms with Crippen molar-refractivity contribution >= 4 is 5.57 Å². The van der Waals surface area contributed by atoms with Gasteiger partial charge >= 0.3 is 6.18 Å². The van der Waals surface area contributed by atoms with Crippen LogP contribution in [0.1, 0.15) is 27.8 Å². The summed E-state index contributed by atoms with van der Waals surface area (Å²) < 4.78 is 43.2. The molecule has 0 N–H and O–H groups in total. The maximum absolute atomic E-state index is 12.7. The molecule has 3 aromatic rings. The van der Waals surface area contributed by atoms with Gasteiger partial charge in [-0.3, -0.25) is 0 Å². The smallest absolute Gasteiger partial charge is 0.416 e. The molecule has 3 rings (SSSR count). The first kappa shape index (κ1) is 19.3. The standard InChI is InChI=1S/C24H17F3O/c1-17(19-11-15-22(28-2)16-12-19)23-6-4-3-5-20(23)10-7-18-8-13-21(14-9-18)24(25,26)27/h3-6,8-9,11-16H,1H2,2H3. The summed E-state index contributed by atoms with van der Waals surface area (Å²) in [7, 11) is 1.61. The van der Waals surface area contributed by atoms with Gasteiger partial charge in [0, 0.05) is 11.1 Å². The summed E-state index contributed by atoms with van der Waals surface area (Å²) in [5.41, 5.74) is 3.18. The van der Waals surface area contributed by atoms with Crippen LogP contribution in [0.2, 0.25) is 0 Å². The molecular weight excluding hydrogens is 361 g/mol. The Hall–Kier alpha value is -3.45. The van der Waals surface area contributed by atoms with Crippen LogP contribution in [0.3, 0.4) is 0 Å². The van der Waals surface area contributed by atoms with Gasteiger partial charge in [-0.05, 0) is 59.2 Å². The van der Waals surface area contributed by atoms with E-state index in [1.807, 2.05) is 48.5 Å². The van der Waals surface area contributed by atoms with E-state index in [1.54, 1.807) is 7.11 Å². The Balaban J connectivity index is 1.89. The number of methoxy groups -OCH3 is 1. The molecule has 0 bridgehead atoms. The fourth-order valence-corrected chi connectivity index (χ4v) is 2.69. The maximum atomic E-state index is 12.7. The zero-order valence-electron chi connectivity index (χ0n) is 15.2. The van der Waals surface area contributed by atoms with E-state index in [2.05, 4.69) is 18.4 Å². The summed E-state index contributed by atoms with van der Waals surface area (Å²) in [4.78, 5) is 0. The van der Waals surface area contributed by atoms with Gasteiger partial charge in [-0.25, -0.2) is 0 Å². The van der Waals surface area contributed by atoms with Gasteiger partial charge in [-0.2, -0.15) is 13.2 Å². The first-order valence-corrected chi connectivity index (χ1v) is 8.50. The molecule has 140 valence electrons. The second-order valence-electron chi connectivity index (χ2n) is 6.08. The molecule has 0 aromatic heterocycles. The van der Waals surface area contributed by atoms with Crippen molar-refractivity contribution in [1.29, 1.82) is 0 Å². The van der Waals surface area contributed by atoms with Crippen LogP contribution in [0.15, 0.2) is 79.4 Å². The summed E-state index contributed by atoms with van der Waals surface area (Å²) in [6.07, 6.45) is -4.35. The average molecular weight is 378 g/mol. The van der Waals surface area contributed by atoms with Crippen molar-refractivity contribution in [3.8, 4) is 17.6 Å². The predicted octanol–water partition coefficient (Wildman–Crippen LogP) is 6.18. The second-order valence-corrected chi connectivity index (χ2v) is 6.08. The number of rotatable bonds is 3. The lowest BCUT2D eigenvalue weighted by Gasteiger charge is -2.09. The van der Waals surface area contributed by atoms with Crippen molar-refractivity contribution in [1.82, 2.24) is 0 Å². The van der Waals surface area contributed by atoms with Crippen molar-refractivity contribution in [2.45, 2.75) is 6.18 Å². The minimum atomic E-state index is -4.35. The van der Waals surface area contributed by atoms with Gasteiger partial charge in [0.25, 0.3) is 0 Å². The number of benzene rings is 3. The summed E-state index contributed by atoms with van der Waals surface area (Å²) in [6.45, 7) is 4.17. The minimum absolute atomic E-state index is 0.512. The Kier molecular flexibility index (Phi) is 5.56. The van der Waals surface area contributed by atoms with E-state index < -0.39 is 11.7 Å². The lowest BCUT2D eigenvalue weighted by molar-refractivity contribution is -0.137. The van der Waals surface area contributed by atoms with Crippen molar-refractivity contribution in [3.63, 3.8) is 0 Å². The van der Waals surface area contributed by atoms with Gasteiger partial charge in [0.15, 0.2) is 0 Å². The summed E-state index contributed by atoms with van der Waals surface area (Å²) in [5, 5.41) is 0. The highest BCUT2D eigenvalue weighted by atomic mass is 19.4. The molecule has 0 heterocycles. The van der Waals surface area contributed by atoms with Crippen LogP contribution in [0.4, 0.5) is 13.2 Å². The van der Waals surface area contributed by atoms with E-state index >= 15 is 0 Å². The highest BCUT2D eigenvalue weighted by Gasteiger charge is 2.29. The highest BCUT2D eigenvalue weighted by molar-refractivity contribution is 5.81. The highest BCUT2D eigenvalue weighted by Crippen LogP contribution is 2.29. The molecule has 0 aliphatic carbocycles. The molecular formula is C24H17F3O. The minimum Gasteiger partial charge on any atom is -0.497 e. The Labute approximate surface area is 162 Å². The molecule has 0 aliphatic heterocycles. The van der Waals surface area contributed by atoms with E-state index in [-0.39, 0.29) is 0 Å². The van der Waals surface area contributed by atoms with Crippen LogP contribution >= 0.6 is 0 Å². The lowest BCUT2D eigenvalue weighted by Crippen LogP contribution is -2.04.